The largest absolute Gasteiger partial charge is 0.389 e. The highest BCUT2D eigenvalue weighted by atomic mass is 16.3. The average Bonchev–Trinajstić information content (AvgIpc) is 2.69. The molecule has 1 saturated heterocycles. The van der Waals surface area contributed by atoms with Gasteiger partial charge in [-0.25, -0.2) is 0 Å². The maximum atomic E-state index is 11.3. The van der Waals surface area contributed by atoms with Gasteiger partial charge in [-0.2, -0.15) is 0 Å². The van der Waals surface area contributed by atoms with Crippen LogP contribution in [0, 0.1) is 0 Å². The molecule has 0 saturated carbocycles. The Morgan fingerprint density at radius 1 is 1.16 bits per heavy atom. The molecule has 1 fully saturated rings. The molecule has 1 aromatic carbocycles. The van der Waals surface area contributed by atoms with Crippen LogP contribution < -0.4 is 11.1 Å². The second-order valence-corrected chi connectivity index (χ2v) is 6.08. The molecule has 1 aliphatic heterocycles. The van der Waals surface area contributed by atoms with Gasteiger partial charge in [0, 0.05) is 12.0 Å². The number of hydrogen-bond donors (Lipinski definition) is 3. The number of fused-ring (bicyclic) bond motifs is 1. The Bertz CT molecular complexity index is 452. The SMILES string of the molecule is NCC1(C2(O)CCCNCC2)CCc2ccccc21. The molecule has 1 aliphatic carbocycles. The molecule has 0 aromatic heterocycles. The van der Waals surface area contributed by atoms with E-state index in [4.69, 9.17) is 5.73 Å². The van der Waals surface area contributed by atoms with Gasteiger partial charge in [0.2, 0.25) is 0 Å². The molecular weight excluding hydrogens is 236 g/mol. The lowest BCUT2D eigenvalue weighted by Crippen LogP contribution is -2.55. The standard InChI is InChI=1S/C16H24N2O/c17-12-15(16(19)7-3-10-18-11-9-16)8-6-13-4-1-2-5-14(13)15/h1-2,4-5,18-19H,3,6-12,17H2. The van der Waals surface area contributed by atoms with Crippen LogP contribution in [-0.4, -0.2) is 30.3 Å². The molecule has 1 heterocycles. The molecule has 1 aromatic rings. The topological polar surface area (TPSA) is 58.3 Å². The maximum absolute atomic E-state index is 11.3. The van der Waals surface area contributed by atoms with E-state index >= 15 is 0 Å². The van der Waals surface area contributed by atoms with Crippen molar-refractivity contribution in [1.82, 2.24) is 5.32 Å². The normalized spacial score (nSPS) is 34.8. The van der Waals surface area contributed by atoms with Crippen molar-refractivity contribution in [3.05, 3.63) is 35.4 Å². The predicted octanol–water partition coefficient (Wildman–Crippen LogP) is 1.33. The van der Waals surface area contributed by atoms with Crippen LogP contribution >= 0.6 is 0 Å². The van der Waals surface area contributed by atoms with Crippen molar-refractivity contribution >= 4 is 0 Å². The van der Waals surface area contributed by atoms with Crippen molar-refractivity contribution in [3.8, 4) is 0 Å². The Hall–Kier alpha value is -0.900. The summed E-state index contributed by atoms with van der Waals surface area (Å²) in [6.07, 6.45) is 4.72. The summed E-state index contributed by atoms with van der Waals surface area (Å²) < 4.78 is 0. The van der Waals surface area contributed by atoms with Crippen molar-refractivity contribution in [2.45, 2.75) is 43.1 Å². The fourth-order valence-corrected chi connectivity index (χ4v) is 4.10. The molecular formula is C16H24N2O. The maximum Gasteiger partial charge on any atom is 0.0768 e. The second kappa shape index (κ2) is 4.89. The molecule has 2 unspecified atom stereocenters. The van der Waals surface area contributed by atoms with Crippen LogP contribution in [0.1, 0.15) is 36.8 Å². The highest BCUT2D eigenvalue weighted by Gasteiger charge is 2.52. The first-order valence-electron chi connectivity index (χ1n) is 7.43. The van der Waals surface area contributed by atoms with E-state index in [-0.39, 0.29) is 5.41 Å². The van der Waals surface area contributed by atoms with Crippen LogP contribution in [0.3, 0.4) is 0 Å². The first-order valence-corrected chi connectivity index (χ1v) is 7.43. The third-order valence-corrected chi connectivity index (χ3v) is 5.25. The molecule has 3 heteroatoms. The van der Waals surface area contributed by atoms with Crippen LogP contribution in [0.2, 0.25) is 0 Å². The van der Waals surface area contributed by atoms with Gasteiger partial charge in [0.05, 0.1) is 5.60 Å². The van der Waals surface area contributed by atoms with Gasteiger partial charge in [-0.15, -0.1) is 0 Å². The van der Waals surface area contributed by atoms with Gasteiger partial charge in [-0.05, 0) is 56.3 Å². The molecule has 0 bridgehead atoms. The highest BCUT2D eigenvalue weighted by Crippen LogP contribution is 2.49. The fourth-order valence-electron chi connectivity index (χ4n) is 4.10. The van der Waals surface area contributed by atoms with Gasteiger partial charge in [-0.1, -0.05) is 24.3 Å². The molecule has 2 atom stereocenters. The van der Waals surface area contributed by atoms with Gasteiger partial charge < -0.3 is 16.2 Å². The molecule has 4 N–H and O–H groups in total. The van der Waals surface area contributed by atoms with E-state index in [0.29, 0.717) is 6.54 Å². The first-order chi connectivity index (χ1) is 9.22. The van der Waals surface area contributed by atoms with E-state index in [2.05, 4.69) is 29.6 Å². The molecule has 104 valence electrons. The number of aliphatic hydroxyl groups is 1. The van der Waals surface area contributed by atoms with E-state index in [9.17, 15) is 5.11 Å². The average molecular weight is 260 g/mol. The van der Waals surface area contributed by atoms with Crippen LogP contribution in [0.25, 0.3) is 0 Å². The quantitative estimate of drug-likeness (QED) is 0.752. The zero-order chi connectivity index (χ0) is 13.3. The number of benzene rings is 1. The monoisotopic (exact) mass is 260 g/mol. The van der Waals surface area contributed by atoms with Crippen LogP contribution in [-0.2, 0) is 11.8 Å². The summed E-state index contributed by atoms with van der Waals surface area (Å²) in [5.41, 5.74) is 7.94. The summed E-state index contributed by atoms with van der Waals surface area (Å²) in [4.78, 5) is 0. The number of nitrogens with one attached hydrogen (secondary N) is 1. The molecule has 19 heavy (non-hydrogen) atoms. The highest BCUT2D eigenvalue weighted by molar-refractivity contribution is 5.43. The summed E-state index contributed by atoms with van der Waals surface area (Å²) >= 11 is 0. The minimum absolute atomic E-state index is 0.240. The Kier molecular flexibility index (Phi) is 3.37. The molecule has 3 nitrogen and oxygen atoms in total. The van der Waals surface area contributed by atoms with Gasteiger partial charge >= 0.3 is 0 Å². The summed E-state index contributed by atoms with van der Waals surface area (Å²) in [7, 11) is 0. The fraction of sp³-hybridized carbons (Fsp3) is 0.625. The van der Waals surface area contributed by atoms with Crippen LogP contribution in [0.15, 0.2) is 24.3 Å². The third-order valence-electron chi connectivity index (χ3n) is 5.25. The molecule has 0 spiro atoms. The lowest BCUT2D eigenvalue weighted by atomic mass is 9.64. The molecule has 3 rings (SSSR count). The van der Waals surface area contributed by atoms with E-state index in [1.54, 1.807) is 0 Å². The number of nitrogens with two attached hydrogens (primary N) is 1. The summed E-state index contributed by atoms with van der Waals surface area (Å²) in [6.45, 7) is 2.44. The minimum atomic E-state index is -0.655. The van der Waals surface area contributed by atoms with Crippen molar-refractivity contribution in [2.24, 2.45) is 5.73 Å². The second-order valence-electron chi connectivity index (χ2n) is 6.08. The zero-order valence-electron chi connectivity index (χ0n) is 11.5. The summed E-state index contributed by atoms with van der Waals surface area (Å²) in [6, 6.07) is 8.52. The van der Waals surface area contributed by atoms with Crippen molar-refractivity contribution in [1.29, 1.82) is 0 Å². The lowest BCUT2D eigenvalue weighted by molar-refractivity contribution is -0.0472. The molecule has 0 amide bonds. The Labute approximate surface area is 115 Å². The first kappa shape index (κ1) is 13.1. The van der Waals surface area contributed by atoms with E-state index in [1.807, 2.05) is 0 Å². The van der Waals surface area contributed by atoms with Gasteiger partial charge in [0.15, 0.2) is 0 Å². The van der Waals surface area contributed by atoms with Gasteiger partial charge in [-0.3, -0.25) is 0 Å². The van der Waals surface area contributed by atoms with Gasteiger partial charge in [0.1, 0.15) is 0 Å². The predicted molar refractivity (Wildman–Crippen MR) is 77.2 cm³/mol. The lowest BCUT2D eigenvalue weighted by Gasteiger charge is -2.45. The van der Waals surface area contributed by atoms with E-state index in [0.717, 1.165) is 45.2 Å². The summed E-state index contributed by atoms with van der Waals surface area (Å²) in [5.74, 6) is 0. The van der Waals surface area contributed by atoms with Crippen LogP contribution in [0.5, 0.6) is 0 Å². The Morgan fingerprint density at radius 2 is 2.00 bits per heavy atom. The summed E-state index contributed by atoms with van der Waals surface area (Å²) in [5, 5.41) is 14.7. The number of rotatable bonds is 2. The minimum Gasteiger partial charge on any atom is -0.389 e. The van der Waals surface area contributed by atoms with Gasteiger partial charge in [0.25, 0.3) is 0 Å². The molecule has 2 aliphatic rings. The third kappa shape index (κ3) is 1.92. The smallest absolute Gasteiger partial charge is 0.0768 e. The van der Waals surface area contributed by atoms with Crippen molar-refractivity contribution in [2.75, 3.05) is 19.6 Å². The van der Waals surface area contributed by atoms with E-state index in [1.165, 1.54) is 11.1 Å². The number of hydrogen-bond acceptors (Lipinski definition) is 3. The number of aryl methyl sites for hydroxylation is 1. The Morgan fingerprint density at radius 3 is 2.84 bits per heavy atom. The molecule has 0 radical (unpaired) electrons. The Balaban J connectivity index is 2.04. The van der Waals surface area contributed by atoms with Crippen molar-refractivity contribution < 1.29 is 5.11 Å². The van der Waals surface area contributed by atoms with E-state index < -0.39 is 5.60 Å². The van der Waals surface area contributed by atoms with Crippen molar-refractivity contribution in [3.63, 3.8) is 0 Å². The zero-order valence-corrected chi connectivity index (χ0v) is 11.5. The van der Waals surface area contributed by atoms with Crippen LogP contribution in [0.4, 0.5) is 0 Å².